The molecule has 1 aliphatic heterocycles. The van der Waals surface area contributed by atoms with E-state index in [4.69, 9.17) is 9.15 Å². The van der Waals surface area contributed by atoms with Crippen LogP contribution in [-0.4, -0.2) is 30.3 Å². The number of nitrogens with one attached hydrogen (secondary N) is 2. The highest BCUT2D eigenvalue weighted by atomic mass is 16.5. The highest BCUT2D eigenvalue weighted by molar-refractivity contribution is 5.75. The number of aryl methyl sites for hydroxylation is 1. The molecule has 2 unspecified atom stereocenters. The van der Waals surface area contributed by atoms with Gasteiger partial charge in [-0.05, 0) is 13.8 Å². The molecule has 6 heteroatoms. The van der Waals surface area contributed by atoms with Crippen molar-refractivity contribution in [3.63, 3.8) is 0 Å². The van der Waals surface area contributed by atoms with Gasteiger partial charge in [-0.2, -0.15) is 0 Å². The van der Waals surface area contributed by atoms with E-state index in [0.29, 0.717) is 17.7 Å². The van der Waals surface area contributed by atoms with Crippen LogP contribution in [0.5, 0.6) is 0 Å². The van der Waals surface area contributed by atoms with Gasteiger partial charge in [0.1, 0.15) is 11.8 Å². The van der Waals surface area contributed by atoms with E-state index in [-0.39, 0.29) is 18.1 Å². The topological polar surface area (TPSA) is 76.4 Å². The number of carbonyl (C=O) groups is 1. The monoisotopic (exact) mass is 251 g/mol. The van der Waals surface area contributed by atoms with Crippen LogP contribution in [-0.2, 0) is 4.74 Å². The summed E-state index contributed by atoms with van der Waals surface area (Å²) in [5.41, 5.74) is 0. The van der Waals surface area contributed by atoms with Gasteiger partial charge in [0, 0.05) is 17.9 Å². The van der Waals surface area contributed by atoms with Crippen molar-refractivity contribution in [3.8, 4) is 0 Å². The van der Waals surface area contributed by atoms with Crippen LogP contribution < -0.4 is 10.6 Å². The molecule has 1 saturated carbocycles. The second kappa shape index (κ2) is 4.28. The normalized spacial score (nSPS) is 30.7. The molecular formula is C12H17N3O3. The summed E-state index contributed by atoms with van der Waals surface area (Å²) in [6.07, 6.45) is 1.65. The molecule has 2 fully saturated rings. The van der Waals surface area contributed by atoms with Crippen LogP contribution in [0, 0.1) is 18.8 Å². The van der Waals surface area contributed by atoms with Crippen molar-refractivity contribution in [1.29, 1.82) is 0 Å². The Kier molecular flexibility index (Phi) is 2.74. The first-order chi connectivity index (χ1) is 8.65. The Morgan fingerprint density at radius 3 is 2.83 bits per heavy atom. The zero-order chi connectivity index (χ0) is 12.7. The highest BCUT2D eigenvalue weighted by Crippen LogP contribution is 2.43. The number of rotatable bonds is 3. The number of ether oxygens (including phenoxy) is 1. The number of aromatic nitrogens is 1. The van der Waals surface area contributed by atoms with E-state index in [1.54, 1.807) is 6.20 Å². The van der Waals surface area contributed by atoms with Gasteiger partial charge >= 0.3 is 6.03 Å². The Hall–Kier alpha value is -1.56. The molecule has 6 nitrogen and oxygen atoms in total. The molecule has 2 amide bonds. The van der Waals surface area contributed by atoms with Crippen LogP contribution >= 0.6 is 0 Å². The van der Waals surface area contributed by atoms with Crippen LogP contribution in [0.4, 0.5) is 4.79 Å². The number of fused-ring (bicyclic) bond motifs is 1. The molecule has 1 aromatic rings. The van der Waals surface area contributed by atoms with Gasteiger partial charge in [0.2, 0.25) is 5.89 Å². The van der Waals surface area contributed by atoms with Gasteiger partial charge in [0.05, 0.1) is 19.4 Å². The predicted octanol–water partition coefficient (Wildman–Crippen LogP) is 0.988. The first-order valence-electron chi connectivity index (χ1n) is 6.22. The third-order valence-electron chi connectivity index (χ3n) is 3.61. The quantitative estimate of drug-likeness (QED) is 0.840. The maximum atomic E-state index is 11.8. The molecule has 18 heavy (non-hydrogen) atoms. The molecule has 1 aromatic heterocycles. The van der Waals surface area contributed by atoms with Crippen LogP contribution in [0.2, 0.25) is 0 Å². The molecule has 0 spiro atoms. The predicted molar refractivity (Wildman–Crippen MR) is 62.9 cm³/mol. The van der Waals surface area contributed by atoms with Gasteiger partial charge in [-0.3, -0.25) is 0 Å². The minimum atomic E-state index is -0.228. The summed E-state index contributed by atoms with van der Waals surface area (Å²) in [6, 6.07) is -0.122. The minimum absolute atomic E-state index is 0.169. The van der Waals surface area contributed by atoms with Gasteiger partial charge in [-0.25, -0.2) is 9.78 Å². The number of urea groups is 1. The van der Waals surface area contributed by atoms with Gasteiger partial charge < -0.3 is 19.8 Å². The third-order valence-corrected chi connectivity index (χ3v) is 3.61. The molecule has 0 aromatic carbocycles. The molecule has 98 valence electrons. The molecule has 2 aliphatic rings. The van der Waals surface area contributed by atoms with E-state index in [0.717, 1.165) is 19.0 Å². The van der Waals surface area contributed by atoms with Crippen LogP contribution in [0.25, 0.3) is 0 Å². The molecule has 4 atom stereocenters. The first kappa shape index (κ1) is 11.5. The van der Waals surface area contributed by atoms with Crippen LogP contribution in [0.3, 0.4) is 0 Å². The number of nitrogens with zero attached hydrogens (tertiary/aromatic N) is 1. The van der Waals surface area contributed by atoms with Gasteiger partial charge in [-0.15, -0.1) is 0 Å². The fraction of sp³-hybridized carbons (Fsp3) is 0.667. The zero-order valence-electron chi connectivity index (χ0n) is 10.5. The molecule has 3 rings (SSSR count). The molecule has 1 saturated heterocycles. The lowest BCUT2D eigenvalue weighted by atomic mass is 10.3. The zero-order valence-corrected chi connectivity index (χ0v) is 10.5. The average Bonchev–Trinajstić information content (AvgIpc) is 2.77. The second-order valence-electron chi connectivity index (χ2n) is 5.04. The van der Waals surface area contributed by atoms with E-state index in [9.17, 15) is 4.79 Å². The summed E-state index contributed by atoms with van der Waals surface area (Å²) in [4.78, 5) is 15.9. The summed E-state index contributed by atoms with van der Waals surface area (Å²) in [6.45, 7) is 5.21. The number of oxazole rings is 1. The lowest BCUT2D eigenvalue weighted by Crippen LogP contribution is -2.40. The number of hydrogen-bond donors (Lipinski definition) is 2. The number of carbonyl (C=O) groups excluding carboxylic acids is 1. The van der Waals surface area contributed by atoms with Crippen molar-refractivity contribution in [2.24, 2.45) is 11.8 Å². The fourth-order valence-corrected chi connectivity index (χ4v) is 2.48. The van der Waals surface area contributed by atoms with Crippen molar-refractivity contribution < 1.29 is 13.9 Å². The molecule has 0 bridgehead atoms. The SMILES string of the molecule is Cc1cnc(C(C)NC(=O)NC2[C@H]3COC[C@@H]23)o1. The van der Waals surface area contributed by atoms with E-state index < -0.39 is 0 Å². The first-order valence-corrected chi connectivity index (χ1v) is 6.22. The van der Waals surface area contributed by atoms with E-state index in [1.807, 2.05) is 13.8 Å². The average molecular weight is 251 g/mol. The standard InChI is InChI=1S/C12H17N3O3/c1-6-3-13-11(18-6)7(2)14-12(16)15-10-8-4-17-5-9(8)10/h3,7-10H,4-5H2,1-2H3,(H2,14,15,16)/t7?,8-,9+,10?. The van der Waals surface area contributed by atoms with E-state index in [1.165, 1.54) is 0 Å². The van der Waals surface area contributed by atoms with Gasteiger partial charge in [0.25, 0.3) is 0 Å². The summed E-state index contributed by atoms with van der Waals surface area (Å²) >= 11 is 0. The third kappa shape index (κ3) is 2.08. The van der Waals surface area contributed by atoms with Crippen molar-refractivity contribution in [1.82, 2.24) is 15.6 Å². The molecular weight excluding hydrogens is 234 g/mol. The maximum absolute atomic E-state index is 11.8. The lowest BCUT2D eigenvalue weighted by molar-refractivity contribution is 0.156. The minimum Gasteiger partial charge on any atom is -0.444 e. The van der Waals surface area contributed by atoms with Gasteiger partial charge in [-0.1, -0.05) is 0 Å². The maximum Gasteiger partial charge on any atom is 0.315 e. The number of hydrogen-bond acceptors (Lipinski definition) is 4. The lowest BCUT2D eigenvalue weighted by Gasteiger charge is -2.12. The summed E-state index contributed by atoms with van der Waals surface area (Å²) in [7, 11) is 0. The Labute approximate surface area is 105 Å². The Morgan fingerprint density at radius 1 is 1.50 bits per heavy atom. The molecule has 2 N–H and O–H groups in total. The van der Waals surface area contributed by atoms with Gasteiger partial charge in [0.15, 0.2) is 0 Å². The Morgan fingerprint density at radius 2 is 2.22 bits per heavy atom. The van der Waals surface area contributed by atoms with Crippen molar-refractivity contribution in [2.75, 3.05) is 13.2 Å². The van der Waals surface area contributed by atoms with Crippen LogP contribution in [0.15, 0.2) is 10.6 Å². The summed E-state index contributed by atoms with van der Waals surface area (Å²) in [5, 5.41) is 5.79. The Balaban J connectivity index is 1.49. The van der Waals surface area contributed by atoms with Crippen molar-refractivity contribution in [3.05, 3.63) is 17.8 Å². The van der Waals surface area contributed by atoms with Crippen molar-refractivity contribution >= 4 is 6.03 Å². The molecule has 0 radical (unpaired) electrons. The Bertz CT molecular complexity index is 449. The summed E-state index contributed by atoms with van der Waals surface area (Å²) in [5.74, 6) is 2.29. The highest BCUT2D eigenvalue weighted by Gasteiger charge is 2.54. The van der Waals surface area contributed by atoms with E-state index >= 15 is 0 Å². The fourth-order valence-electron chi connectivity index (χ4n) is 2.48. The number of amides is 2. The smallest absolute Gasteiger partial charge is 0.315 e. The molecule has 1 aliphatic carbocycles. The largest absolute Gasteiger partial charge is 0.444 e. The second-order valence-corrected chi connectivity index (χ2v) is 5.04. The summed E-state index contributed by atoms with van der Waals surface area (Å²) < 4.78 is 10.6. The van der Waals surface area contributed by atoms with Crippen LogP contribution in [0.1, 0.15) is 24.6 Å². The van der Waals surface area contributed by atoms with E-state index in [2.05, 4.69) is 15.6 Å². The van der Waals surface area contributed by atoms with Crippen molar-refractivity contribution in [2.45, 2.75) is 25.9 Å². The molecule has 2 heterocycles.